The van der Waals surface area contributed by atoms with Crippen LogP contribution in [0.3, 0.4) is 0 Å². The third kappa shape index (κ3) is 5.58. The summed E-state index contributed by atoms with van der Waals surface area (Å²) >= 11 is 0. The van der Waals surface area contributed by atoms with E-state index in [4.69, 9.17) is 14.0 Å². The Morgan fingerprint density at radius 1 is 0.914 bits per heavy atom. The van der Waals surface area contributed by atoms with Crippen molar-refractivity contribution in [2.24, 2.45) is 0 Å². The summed E-state index contributed by atoms with van der Waals surface area (Å²) in [5.74, 6) is 2.22. The van der Waals surface area contributed by atoms with Gasteiger partial charge in [0.15, 0.2) is 11.5 Å². The molecule has 0 spiro atoms. The van der Waals surface area contributed by atoms with Crippen molar-refractivity contribution >= 4 is 17.7 Å². The van der Waals surface area contributed by atoms with E-state index in [2.05, 4.69) is 10.1 Å². The molecule has 0 saturated carbocycles. The van der Waals surface area contributed by atoms with Gasteiger partial charge in [-0.15, -0.1) is 0 Å². The molecule has 0 atom stereocenters. The number of carbonyl (C=O) groups is 1. The normalized spacial score (nSPS) is 12.6. The van der Waals surface area contributed by atoms with Gasteiger partial charge >= 0.3 is 0 Å². The molecule has 5 rings (SSSR count). The summed E-state index contributed by atoms with van der Waals surface area (Å²) in [6, 6.07) is 25.2. The topological polar surface area (TPSA) is 77.7 Å². The van der Waals surface area contributed by atoms with E-state index in [1.165, 1.54) is 0 Å². The second-order valence-electron chi connectivity index (χ2n) is 8.02. The summed E-state index contributed by atoms with van der Waals surface area (Å²) in [6.07, 6.45) is 4.55. The number of amides is 1. The van der Waals surface area contributed by atoms with Gasteiger partial charge in [-0.2, -0.15) is 4.98 Å². The van der Waals surface area contributed by atoms with Crippen LogP contribution in [0.2, 0.25) is 0 Å². The Morgan fingerprint density at radius 2 is 1.66 bits per heavy atom. The molecule has 176 valence electrons. The summed E-state index contributed by atoms with van der Waals surface area (Å²) in [5, 5.41) is 4.05. The fourth-order valence-corrected chi connectivity index (χ4v) is 3.82. The van der Waals surface area contributed by atoms with Gasteiger partial charge in [0.1, 0.15) is 13.2 Å². The molecule has 0 aliphatic carbocycles. The molecule has 7 nitrogen and oxygen atoms in total. The number of aromatic nitrogens is 2. The second kappa shape index (κ2) is 10.7. The van der Waals surface area contributed by atoms with Gasteiger partial charge in [-0.1, -0.05) is 78.0 Å². The highest BCUT2D eigenvalue weighted by Gasteiger charge is 2.20. The number of nitrogens with zero attached hydrogens (tertiary/aromatic N) is 3. The van der Waals surface area contributed by atoms with Crippen molar-refractivity contribution in [2.45, 2.75) is 12.8 Å². The maximum absolute atomic E-state index is 13.3. The second-order valence-corrected chi connectivity index (χ2v) is 8.02. The molecule has 0 bridgehead atoms. The van der Waals surface area contributed by atoms with Gasteiger partial charge in [0, 0.05) is 36.7 Å². The van der Waals surface area contributed by atoms with E-state index in [0.29, 0.717) is 49.4 Å². The van der Waals surface area contributed by atoms with Crippen molar-refractivity contribution < 1.29 is 18.8 Å². The maximum atomic E-state index is 13.3. The van der Waals surface area contributed by atoms with E-state index in [9.17, 15) is 4.79 Å². The van der Waals surface area contributed by atoms with Crippen LogP contribution in [0.5, 0.6) is 11.5 Å². The summed E-state index contributed by atoms with van der Waals surface area (Å²) in [5.41, 5.74) is 2.69. The number of benzene rings is 3. The molecule has 1 amide bonds. The van der Waals surface area contributed by atoms with Crippen LogP contribution >= 0.6 is 0 Å². The number of rotatable bonds is 8. The lowest BCUT2D eigenvalue weighted by Gasteiger charge is -2.24. The predicted octanol–water partition coefficient (Wildman–Crippen LogP) is 5.19. The minimum absolute atomic E-state index is 0.0566. The Bertz CT molecular complexity index is 1300. The van der Waals surface area contributed by atoms with Gasteiger partial charge in [-0.25, -0.2) is 0 Å². The Hall–Kier alpha value is -4.39. The molecule has 0 fully saturated rings. The monoisotopic (exact) mass is 467 g/mol. The average Bonchev–Trinajstić information content (AvgIpc) is 3.40. The zero-order valence-electron chi connectivity index (χ0n) is 19.2. The van der Waals surface area contributed by atoms with Crippen molar-refractivity contribution in [3.05, 3.63) is 96.4 Å². The van der Waals surface area contributed by atoms with Crippen molar-refractivity contribution in [1.82, 2.24) is 10.1 Å². The Labute approximate surface area is 203 Å². The first-order valence-electron chi connectivity index (χ1n) is 11.6. The molecule has 3 aromatic carbocycles. The number of hydrogen-bond acceptors (Lipinski definition) is 6. The first-order valence-corrected chi connectivity index (χ1v) is 11.6. The first kappa shape index (κ1) is 22.4. The van der Waals surface area contributed by atoms with Crippen LogP contribution in [0.4, 0.5) is 5.69 Å². The number of aryl methyl sites for hydroxylation is 1. The van der Waals surface area contributed by atoms with Crippen LogP contribution in [-0.4, -0.2) is 35.8 Å². The molecule has 0 N–H and O–H groups in total. The van der Waals surface area contributed by atoms with Gasteiger partial charge in [-0.05, 0) is 17.7 Å². The molecule has 0 unspecified atom stereocenters. The van der Waals surface area contributed by atoms with Crippen LogP contribution in [-0.2, 0) is 11.2 Å². The molecule has 1 aliphatic heterocycles. The number of hydrogen-bond donors (Lipinski definition) is 0. The maximum Gasteiger partial charge on any atom is 0.227 e. The van der Waals surface area contributed by atoms with E-state index >= 15 is 0 Å². The van der Waals surface area contributed by atoms with E-state index < -0.39 is 0 Å². The quantitative estimate of drug-likeness (QED) is 0.355. The van der Waals surface area contributed by atoms with Gasteiger partial charge < -0.3 is 18.9 Å². The highest BCUT2D eigenvalue weighted by atomic mass is 16.6. The lowest BCUT2D eigenvalue weighted by atomic mass is 10.2. The predicted molar refractivity (Wildman–Crippen MR) is 133 cm³/mol. The Kier molecular flexibility index (Phi) is 6.84. The largest absolute Gasteiger partial charge is 0.486 e. The van der Waals surface area contributed by atoms with Crippen LogP contribution in [0.1, 0.15) is 17.9 Å². The van der Waals surface area contributed by atoms with Crippen molar-refractivity contribution in [3.8, 4) is 22.9 Å². The average molecular weight is 468 g/mol. The van der Waals surface area contributed by atoms with Gasteiger partial charge in [0.2, 0.25) is 17.6 Å². The Balaban J connectivity index is 1.31. The van der Waals surface area contributed by atoms with E-state index in [0.717, 1.165) is 16.8 Å². The summed E-state index contributed by atoms with van der Waals surface area (Å²) in [7, 11) is 0. The fraction of sp³-hybridized carbons (Fsp3) is 0.179. The van der Waals surface area contributed by atoms with Crippen LogP contribution < -0.4 is 14.4 Å². The molecule has 1 aliphatic rings. The Morgan fingerprint density at radius 3 is 2.46 bits per heavy atom. The van der Waals surface area contributed by atoms with Crippen LogP contribution in [0.15, 0.2) is 89.5 Å². The van der Waals surface area contributed by atoms with Crippen molar-refractivity contribution in [3.63, 3.8) is 0 Å². The first-order chi connectivity index (χ1) is 17.3. The lowest BCUT2D eigenvalue weighted by molar-refractivity contribution is -0.118. The minimum atomic E-state index is -0.0566. The van der Waals surface area contributed by atoms with Gasteiger partial charge in [0.05, 0.1) is 0 Å². The van der Waals surface area contributed by atoms with Crippen molar-refractivity contribution in [2.75, 3.05) is 24.7 Å². The number of ether oxygens (including phenoxy) is 2. The van der Waals surface area contributed by atoms with Crippen molar-refractivity contribution in [1.29, 1.82) is 0 Å². The standard InChI is InChI=1S/C28H25N3O4/c32-27(16-15-26-29-28(30-35-26)22-11-5-2-6-12-22)31(17-7-10-21-8-3-1-4-9-21)23-13-14-24-25(20-23)34-19-18-33-24/h1-14,20H,15-19H2/b10-7+. The third-order valence-corrected chi connectivity index (χ3v) is 5.59. The highest BCUT2D eigenvalue weighted by molar-refractivity contribution is 5.94. The molecule has 0 radical (unpaired) electrons. The molecular weight excluding hydrogens is 442 g/mol. The molecule has 1 aromatic heterocycles. The molecular formula is C28H25N3O4. The number of carbonyl (C=O) groups excluding carboxylic acids is 1. The smallest absolute Gasteiger partial charge is 0.227 e. The molecule has 7 heteroatoms. The third-order valence-electron chi connectivity index (χ3n) is 5.59. The van der Waals surface area contributed by atoms with E-state index in [-0.39, 0.29) is 12.3 Å². The minimum Gasteiger partial charge on any atom is -0.486 e. The lowest BCUT2D eigenvalue weighted by Crippen LogP contribution is -2.31. The molecule has 4 aromatic rings. The molecule has 35 heavy (non-hydrogen) atoms. The summed E-state index contributed by atoms with van der Waals surface area (Å²) < 4.78 is 16.7. The van der Waals surface area contributed by atoms with E-state index in [1.807, 2.05) is 91.0 Å². The zero-order valence-corrected chi connectivity index (χ0v) is 19.2. The summed E-state index contributed by atoms with van der Waals surface area (Å²) in [6.45, 7) is 1.41. The van der Waals surface area contributed by atoms with Gasteiger partial charge in [0.25, 0.3) is 0 Å². The van der Waals surface area contributed by atoms with Crippen LogP contribution in [0.25, 0.3) is 17.5 Å². The number of anilines is 1. The number of fused-ring (bicyclic) bond motifs is 1. The summed E-state index contributed by atoms with van der Waals surface area (Å²) in [4.78, 5) is 19.5. The van der Waals surface area contributed by atoms with E-state index in [1.54, 1.807) is 4.90 Å². The fourth-order valence-electron chi connectivity index (χ4n) is 3.82. The van der Waals surface area contributed by atoms with Crippen LogP contribution in [0, 0.1) is 0 Å². The molecule has 2 heterocycles. The van der Waals surface area contributed by atoms with Gasteiger partial charge in [-0.3, -0.25) is 4.79 Å². The highest BCUT2D eigenvalue weighted by Crippen LogP contribution is 2.34. The molecule has 0 saturated heterocycles. The SMILES string of the molecule is O=C(CCc1nc(-c2ccccc2)no1)N(C/C=C/c1ccccc1)c1ccc2c(c1)OCCO2. The zero-order chi connectivity index (χ0) is 23.9.